The van der Waals surface area contributed by atoms with E-state index in [-0.39, 0.29) is 24.8 Å². The van der Waals surface area contributed by atoms with Gasteiger partial charge in [0, 0.05) is 57.0 Å². The summed E-state index contributed by atoms with van der Waals surface area (Å²) in [5.41, 5.74) is 1.26. The lowest BCUT2D eigenvalue weighted by Crippen LogP contribution is -2.47. The maximum Gasteiger partial charge on any atom is 0.223 e. The standard InChI is InChI=1S/C15H25N5O.2ClH/c21-15(20-11-6-16-7-12-20)4-10-19-8-2-13(3-9-19)14-1-5-17-18-14;;/h1,5,13,16H,2-4,6-12H2,(H,17,18);2*1H. The number of nitrogens with one attached hydrogen (secondary N) is 2. The number of aromatic amines is 1. The molecule has 0 aliphatic carbocycles. The summed E-state index contributed by atoms with van der Waals surface area (Å²) in [5.74, 6) is 0.916. The lowest BCUT2D eigenvalue weighted by molar-refractivity contribution is -0.132. The molecule has 0 saturated carbocycles. The molecule has 0 unspecified atom stereocenters. The zero-order chi connectivity index (χ0) is 14.5. The van der Waals surface area contributed by atoms with Gasteiger partial charge in [-0.3, -0.25) is 9.89 Å². The molecule has 3 rings (SSSR count). The van der Waals surface area contributed by atoms with Crippen LogP contribution in [0.4, 0.5) is 0 Å². The number of likely N-dealkylation sites (tertiary alicyclic amines) is 1. The van der Waals surface area contributed by atoms with Gasteiger partial charge in [-0.2, -0.15) is 5.10 Å². The minimum Gasteiger partial charge on any atom is -0.340 e. The largest absolute Gasteiger partial charge is 0.340 e. The normalized spacial score (nSPS) is 19.7. The molecule has 2 aliphatic rings. The number of carbonyl (C=O) groups excluding carboxylic acids is 1. The van der Waals surface area contributed by atoms with Gasteiger partial charge in [-0.05, 0) is 32.0 Å². The molecule has 1 aromatic heterocycles. The molecule has 1 aromatic rings. The Morgan fingerprint density at radius 3 is 2.48 bits per heavy atom. The van der Waals surface area contributed by atoms with Gasteiger partial charge in [0.25, 0.3) is 0 Å². The van der Waals surface area contributed by atoms with E-state index in [2.05, 4.69) is 26.5 Å². The van der Waals surface area contributed by atoms with Crippen LogP contribution in [-0.4, -0.2) is 71.7 Å². The summed E-state index contributed by atoms with van der Waals surface area (Å²) in [7, 11) is 0. The van der Waals surface area contributed by atoms with Crippen LogP contribution in [0, 0.1) is 0 Å². The molecule has 2 fully saturated rings. The highest BCUT2D eigenvalue weighted by Gasteiger charge is 2.23. The fourth-order valence-electron chi connectivity index (χ4n) is 3.29. The number of amides is 1. The Kier molecular flexibility index (Phi) is 8.91. The second kappa shape index (κ2) is 10.1. The fraction of sp³-hybridized carbons (Fsp3) is 0.733. The third kappa shape index (κ3) is 5.64. The topological polar surface area (TPSA) is 64.3 Å². The van der Waals surface area contributed by atoms with E-state index in [1.165, 1.54) is 5.69 Å². The number of nitrogens with zero attached hydrogens (tertiary/aromatic N) is 3. The first-order valence-corrected chi connectivity index (χ1v) is 8.03. The smallest absolute Gasteiger partial charge is 0.223 e. The number of halogens is 2. The third-order valence-corrected chi connectivity index (χ3v) is 4.66. The molecule has 0 spiro atoms. The molecule has 2 N–H and O–H groups in total. The Bertz CT molecular complexity index is 443. The van der Waals surface area contributed by atoms with Crippen molar-refractivity contribution in [2.75, 3.05) is 45.8 Å². The molecule has 0 atom stereocenters. The van der Waals surface area contributed by atoms with Gasteiger partial charge in [-0.25, -0.2) is 0 Å². The second-order valence-electron chi connectivity index (χ2n) is 6.01. The Hall–Kier alpha value is -0.820. The minimum absolute atomic E-state index is 0. The summed E-state index contributed by atoms with van der Waals surface area (Å²) >= 11 is 0. The number of piperidine rings is 1. The maximum atomic E-state index is 12.2. The Balaban J connectivity index is 0.00000132. The molecule has 3 heterocycles. The average Bonchev–Trinajstić information content (AvgIpc) is 3.08. The molecular formula is C15H27Cl2N5O. The Morgan fingerprint density at radius 1 is 1.17 bits per heavy atom. The van der Waals surface area contributed by atoms with Crippen molar-refractivity contribution in [1.82, 2.24) is 25.3 Å². The van der Waals surface area contributed by atoms with Gasteiger partial charge in [-0.15, -0.1) is 24.8 Å². The SMILES string of the molecule is Cl.Cl.O=C(CCN1CCC(c2ccn[nH]2)CC1)N1CCNCC1. The van der Waals surface area contributed by atoms with E-state index in [1.807, 2.05) is 11.1 Å². The molecule has 6 nitrogen and oxygen atoms in total. The van der Waals surface area contributed by atoms with Crippen molar-refractivity contribution in [2.45, 2.75) is 25.2 Å². The highest BCUT2D eigenvalue weighted by Crippen LogP contribution is 2.26. The summed E-state index contributed by atoms with van der Waals surface area (Å²) in [6.45, 7) is 6.65. The summed E-state index contributed by atoms with van der Waals surface area (Å²) in [6, 6.07) is 2.08. The minimum atomic E-state index is 0. The van der Waals surface area contributed by atoms with Gasteiger partial charge in [0.2, 0.25) is 5.91 Å². The average molecular weight is 364 g/mol. The first-order chi connectivity index (χ1) is 10.3. The van der Waals surface area contributed by atoms with Crippen LogP contribution in [0.2, 0.25) is 0 Å². The van der Waals surface area contributed by atoms with Crippen LogP contribution in [0.15, 0.2) is 12.3 Å². The zero-order valence-corrected chi connectivity index (χ0v) is 15.0. The molecule has 132 valence electrons. The van der Waals surface area contributed by atoms with Gasteiger partial charge >= 0.3 is 0 Å². The number of rotatable bonds is 4. The van der Waals surface area contributed by atoms with Crippen LogP contribution in [0.5, 0.6) is 0 Å². The van der Waals surface area contributed by atoms with E-state index in [0.29, 0.717) is 18.2 Å². The van der Waals surface area contributed by atoms with Crippen LogP contribution in [0.25, 0.3) is 0 Å². The Labute approximate surface area is 150 Å². The molecule has 0 aromatic carbocycles. The monoisotopic (exact) mass is 363 g/mol. The van der Waals surface area contributed by atoms with Crippen LogP contribution >= 0.6 is 24.8 Å². The highest BCUT2D eigenvalue weighted by molar-refractivity contribution is 5.85. The summed E-state index contributed by atoms with van der Waals surface area (Å²) < 4.78 is 0. The maximum absolute atomic E-state index is 12.2. The fourth-order valence-corrected chi connectivity index (χ4v) is 3.29. The molecular weight excluding hydrogens is 337 g/mol. The van der Waals surface area contributed by atoms with Crippen LogP contribution in [0.1, 0.15) is 30.9 Å². The molecule has 2 saturated heterocycles. The van der Waals surface area contributed by atoms with E-state index >= 15 is 0 Å². The molecule has 0 radical (unpaired) electrons. The van der Waals surface area contributed by atoms with E-state index < -0.39 is 0 Å². The van der Waals surface area contributed by atoms with Crippen LogP contribution < -0.4 is 5.32 Å². The quantitative estimate of drug-likeness (QED) is 0.844. The van der Waals surface area contributed by atoms with Gasteiger partial charge in [0.15, 0.2) is 0 Å². The van der Waals surface area contributed by atoms with Gasteiger partial charge < -0.3 is 15.1 Å². The molecule has 23 heavy (non-hydrogen) atoms. The zero-order valence-electron chi connectivity index (χ0n) is 13.4. The Morgan fingerprint density at radius 2 is 1.87 bits per heavy atom. The van der Waals surface area contributed by atoms with E-state index in [0.717, 1.165) is 58.7 Å². The first-order valence-electron chi connectivity index (χ1n) is 8.03. The van der Waals surface area contributed by atoms with Crippen LogP contribution in [-0.2, 0) is 4.79 Å². The molecule has 2 aliphatic heterocycles. The number of hydrogen-bond donors (Lipinski definition) is 2. The third-order valence-electron chi connectivity index (χ3n) is 4.66. The first kappa shape index (κ1) is 20.2. The number of H-pyrrole nitrogens is 1. The predicted octanol–water partition coefficient (Wildman–Crippen LogP) is 1.25. The van der Waals surface area contributed by atoms with E-state index in [4.69, 9.17) is 0 Å². The van der Waals surface area contributed by atoms with Crippen molar-refractivity contribution in [1.29, 1.82) is 0 Å². The van der Waals surface area contributed by atoms with Crippen molar-refractivity contribution in [2.24, 2.45) is 0 Å². The van der Waals surface area contributed by atoms with Crippen molar-refractivity contribution in [3.8, 4) is 0 Å². The van der Waals surface area contributed by atoms with Crippen LogP contribution in [0.3, 0.4) is 0 Å². The number of aromatic nitrogens is 2. The lowest BCUT2D eigenvalue weighted by Gasteiger charge is -2.32. The molecule has 8 heteroatoms. The van der Waals surface area contributed by atoms with Crippen molar-refractivity contribution in [3.05, 3.63) is 18.0 Å². The number of piperazine rings is 1. The lowest BCUT2D eigenvalue weighted by atomic mass is 9.93. The van der Waals surface area contributed by atoms with Crippen molar-refractivity contribution >= 4 is 30.7 Å². The molecule has 0 bridgehead atoms. The van der Waals surface area contributed by atoms with Gasteiger partial charge in [-0.1, -0.05) is 0 Å². The molecule has 1 amide bonds. The number of carbonyl (C=O) groups is 1. The summed E-state index contributed by atoms with van der Waals surface area (Å²) in [6.07, 6.45) is 4.80. The summed E-state index contributed by atoms with van der Waals surface area (Å²) in [5, 5.41) is 10.4. The summed E-state index contributed by atoms with van der Waals surface area (Å²) in [4.78, 5) is 16.6. The van der Waals surface area contributed by atoms with E-state index in [9.17, 15) is 4.79 Å². The number of hydrogen-bond acceptors (Lipinski definition) is 4. The van der Waals surface area contributed by atoms with Crippen molar-refractivity contribution < 1.29 is 4.79 Å². The van der Waals surface area contributed by atoms with Gasteiger partial charge in [0.05, 0.1) is 0 Å². The second-order valence-corrected chi connectivity index (χ2v) is 6.01. The van der Waals surface area contributed by atoms with E-state index in [1.54, 1.807) is 0 Å². The van der Waals surface area contributed by atoms with Gasteiger partial charge in [0.1, 0.15) is 0 Å². The predicted molar refractivity (Wildman–Crippen MR) is 95.6 cm³/mol. The highest BCUT2D eigenvalue weighted by atomic mass is 35.5. The van der Waals surface area contributed by atoms with Crippen molar-refractivity contribution in [3.63, 3.8) is 0 Å².